The smallest absolute Gasteiger partial charge is 0.303 e. The third-order valence-electron chi connectivity index (χ3n) is 3.17. The molecule has 0 spiro atoms. The Morgan fingerprint density at radius 2 is 1.86 bits per heavy atom. The molecular formula is C16H24FNO3. The maximum Gasteiger partial charge on any atom is 0.303 e. The second kappa shape index (κ2) is 8.74. The Morgan fingerprint density at radius 3 is 2.38 bits per heavy atom. The summed E-state index contributed by atoms with van der Waals surface area (Å²) in [6.45, 7) is 5.99. The minimum atomic E-state index is -0.807. The molecule has 1 unspecified atom stereocenters. The number of carbonyl (C=O) groups is 1. The molecule has 0 aromatic heterocycles. The second-order valence-electron chi connectivity index (χ2n) is 5.72. The van der Waals surface area contributed by atoms with Gasteiger partial charge in [-0.15, -0.1) is 0 Å². The normalized spacial score (nSPS) is 12.9. The van der Waals surface area contributed by atoms with Crippen molar-refractivity contribution in [2.45, 2.75) is 32.8 Å². The summed E-state index contributed by atoms with van der Waals surface area (Å²) in [5.41, 5.74) is 0.670. The fraction of sp³-hybridized carbons (Fsp3) is 0.562. The Morgan fingerprint density at radius 1 is 1.24 bits per heavy atom. The number of carboxylic acids is 1. The first-order valence-electron chi connectivity index (χ1n) is 7.26. The van der Waals surface area contributed by atoms with Crippen molar-refractivity contribution in [1.82, 2.24) is 4.90 Å². The van der Waals surface area contributed by atoms with Gasteiger partial charge in [0.15, 0.2) is 0 Å². The van der Waals surface area contributed by atoms with Crippen LogP contribution in [0.15, 0.2) is 24.3 Å². The SMILES string of the molecule is CC(C)CN(CCCC(=O)O)CC(O)c1ccc(F)cc1. The van der Waals surface area contributed by atoms with Crippen molar-refractivity contribution in [3.05, 3.63) is 35.6 Å². The van der Waals surface area contributed by atoms with E-state index >= 15 is 0 Å². The summed E-state index contributed by atoms with van der Waals surface area (Å²) < 4.78 is 12.9. The first kappa shape index (κ1) is 17.6. The Hall–Kier alpha value is -1.46. The first-order valence-corrected chi connectivity index (χ1v) is 7.26. The number of aliphatic carboxylic acids is 1. The summed E-state index contributed by atoms with van der Waals surface area (Å²) in [5, 5.41) is 18.9. The summed E-state index contributed by atoms with van der Waals surface area (Å²) in [5.74, 6) is -0.708. The molecule has 0 saturated carbocycles. The second-order valence-corrected chi connectivity index (χ2v) is 5.72. The van der Waals surface area contributed by atoms with Crippen molar-refractivity contribution in [2.24, 2.45) is 5.92 Å². The Kier molecular flexibility index (Phi) is 7.32. The van der Waals surface area contributed by atoms with Gasteiger partial charge in [0.1, 0.15) is 5.82 Å². The van der Waals surface area contributed by atoms with Crippen LogP contribution in [-0.2, 0) is 4.79 Å². The zero-order valence-electron chi connectivity index (χ0n) is 12.6. The Balaban J connectivity index is 2.57. The number of hydrogen-bond acceptors (Lipinski definition) is 3. The van der Waals surface area contributed by atoms with Crippen molar-refractivity contribution in [3.63, 3.8) is 0 Å². The fourth-order valence-corrected chi connectivity index (χ4v) is 2.26. The quantitative estimate of drug-likeness (QED) is 0.735. The van der Waals surface area contributed by atoms with E-state index in [0.717, 1.165) is 6.54 Å². The van der Waals surface area contributed by atoms with Crippen LogP contribution in [0, 0.1) is 11.7 Å². The van der Waals surface area contributed by atoms with E-state index in [4.69, 9.17) is 5.11 Å². The number of benzene rings is 1. The lowest BCUT2D eigenvalue weighted by molar-refractivity contribution is -0.137. The summed E-state index contributed by atoms with van der Waals surface area (Å²) in [6.07, 6.45) is -0.0198. The first-order chi connectivity index (χ1) is 9.88. The standard InChI is InChI=1S/C16H24FNO3/c1-12(2)10-18(9-3-4-16(20)21)11-15(19)13-5-7-14(17)8-6-13/h5-8,12,15,19H,3-4,9-11H2,1-2H3,(H,20,21). The molecule has 0 amide bonds. The zero-order chi connectivity index (χ0) is 15.8. The van der Waals surface area contributed by atoms with Gasteiger partial charge >= 0.3 is 5.97 Å². The van der Waals surface area contributed by atoms with Crippen LogP contribution in [-0.4, -0.2) is 40.7 Å². The average Bonchev–Trinajstić information content (AvgIpc) is 2.38. The number of carboxylic acid groups (broad SMARTS) is 1. The maximum atomic E-state index is 12.9. The number of hydrogen-bond donors (Lipinski definition) is 2. The molecule has 1 atom stereocenters. The summed E-state index contributed by atoms with van der Waals surface area (Å²) in [7, 11) is 0. The summed E-state index contributed by atoms with van der Waals surface area (Å²) in [6, 6.07) is 5.81. The van der Waals surface area contributed by atoms with Crippen molar-refractivity contribution in [3.8, 4) is 0 Å². The van der Waals surface area contributed by atoms with Crippen LogP contribution >= 0.6 is 0 Å². The highest BCUT2D eigenvalue weighted by atomic mass is 19.1. The van der Waals surface area contributed by atoms with Gasteiger partial charge in [0, 0.05) is 19.5 Å². The van der Waals surface area contributed by atoms with Gasteiger partial charge in [0.05, 0.1) is 6.10 Å². The molecule has 4 nitrogen and oxygen atoms in total. The molecule has 0 heterocycles. The highest BCUT2D eigenvalue weighted by Crippen LogP contribution is 2.16. The molecule has 1 aromatic rings. The van der Waals surface area contributed by atoms with Crippen molar-refractivity contribution in [1.29, 1.82) is 0 Å². The highest BCUT2D eigenvalue weighted by molar-refractivity contribution is 5.66. The lowest BCUT2D eigenvalue weighted by atomic mass is 10.1. The topological polar surface area (TPSA) is 60.8 Å². The van der Waals surface area contributed by atoms with Crippen LogP contribution < -0.4 is 0 Å². The minimum absolute atomic E-state index is 0.126. The molecule has 1 aromatic carbocycles. The monoisotopic (exact) mass is 297 g/mol. The molecule has 0 aliphatic rings. The van der Waals surface area contributed by atoms with E-state index < -0.39 is 12.1 Å². The van der Waals surface area contributed by atoms with Gasteiger partial charge in [-0.3, -0.25) is 4.79 Å². The number of halogens is 1. The average molecular weight is 297 g/mol. The fourth-order valence-electron chi connectivity index (χ4n) is 2.26. The molecule has 0 bridgehead atoms. The summed E-state index contributed by atoms with van der Waals surface area (Å²) >= 11 is 0. The molecular weight excluding hydrogens is 273 g/mol. The maximum absolute atomic E-state index is 12.9. The van der Waals surface area contributed by atoms with E-state index in [1.807, 2.05) is 0 Å². The molecule has 0 radical (unpaired) electrons. The molecule has 1 rings (SSSR count). The molecule has 2 N–H and O–H groups in total. The molecule has 0 saturated heterocycles. The zero-order valence-corrected chi connectivity index (χ0v) is 12.6. The number of nitrogens with zero attached hydrogens (tertiary/aromatic N) is 1. The molecule has 21 heavy (non-hydrogen) atoms. The molecule has 0 aliphatic heterocycles. The third kappa shape index (κ3) is 7.20. The summed E-state index contributed by atoms with van der Waals surface area (Å²) in [4.78, 5) is 12.6. The predicted molar refractivity (Wildman–Crippen MR) is 79.5 cm³/mol. The number of aliphatic hydroxyl groups excluding tert-OH is 1. The van der Waals surface area contributed by atoms with Crippen LogP contribution in [0.1, 0.15) is 38.4 Å². The van der Waals surface area contributed by atoms with Gasteiger partial charge in [0.2, 0.25) is 0 Å². The van der Waals surface area contributed by atoms with Crippen LogP contribution in [0.4, 0.5) is 4.39 Å². The van der Waals surface area contributed by atoms with Crippen LogP contribution in [0.3, 0.4) is 0 Å². The predicted octanol–water partition coefficient (Wildman–Crippen LogP) is 2.68. The van der Waals surface area contributed by atoms with Crippen molar-refractivity contribution in [2.75, 3.05) is 19.6 Å². The van der Waals surface area contributed by atoms with Gasteiger partial charge in [0.25, 0.3) is 0 Å². The van der Waals surface area contributed by atoms with E-state index in [1.165, 1.54) is 12.1 Å². The Bertz CT molecular complexity index is 434. The minimum Gasteiger partial charge on any atom is -0.481 e. The largest absolute Gasteiger partial charge is 0.481 e. The highest BCUT2D eigenvalue weighted by Gasteiger charge is 2.15. The molecule has 0 fully saturated rings. The van der Waals surface area contributed by atoms with Crippen LogP contribution in [0.2, 0.25) is 0 Å². The van der Waals surface area contributed by atoms with E-state index in [2.05, 4.69) is 18.7 Å². The van der Waals surface area contributed by atoms with Gasteiger partial charge in [-0.05, 0) is 36.6 Å². The number of aliphatic hydroxyl groups is 1. The Labute approximate surface area is 125 Å². The van der Waals surface area contributed by atoms with Gasteiger partial charge < -0.3 is 15.1 Å². The molecule has 118 valence electrons. The number of rotatable bonds is 9. The van der Waals surface area contributed by atoms with E-state index in [1.54, 1.807) is 12.1 Å². The van der Waals surface area contributed by atoms with Crippen LogP contribution in [0.25, 0.3) is 0 Å². The lowest BCUT2D eigenvalue weighted by Crippen LogP contribution is -2.33. The molecule has 0 aliphatic carbocycles. The third-order valence-corrected chi connectivity index (χ3v) is 3.17. The van der Waals surface area contributed by atoms with Crippen molar-refractivity contribution >= 4 is 5.97 Å². The van der Waals surface area contributed by atoms with E-state index in [0.29, 0.717) is 31.0 Å². The van der Waals surface area contributed by atoms with Gasteiger partial charge in [-0.1, -0.05) is 26.0 Å². The van der Waals surface area contributed by atoms with E-state index in [9.17, 15) is 14.3 Å². The van der Waals surface area contributed by atoms with Crippen LogP contribution in [0.5, 0.6) is 0 Å². The van der Waals surface area contributed by atoms with Gasteiger partial charge in [-0.25, -0.2) is 4.39 Å². The van der Waals surface area contributed by atoms with Crippen molar-refractivity contribution < 1.29 is 19.4 Å². The lowest BCUT2D eigenvalue weighted by Gasteiger charge is -2.26. The van der Waals surface area contributed by atoms with Gasteiger partial charge in [-0.2, -0.15) is 0 Å². The molecule has 5 heteroatoms. The van der Waals surface area contributed by atoms with E-state index in [-0.39, 0.29) is 12.2 Å².